The summed E-state index contributed by atoms with van der Waals surface area (Å²) >= 11 is 4.05. The molecule has 1 aliphatic carbocycles. The van der Waals surface area contributed by atoms with Gasteiger partial charge in [-0.25, -0.2) is 0 Å². The Balaban J connectivity index is 1.73. The molecule has 33 heavy (non-hydrogen) atoms. The molecule has 1 heterocycles. The van der Waals surface area contributed by atoms with Gasteiger partial charge in [-0.1, -0.05) is 103 Å². The summed E-state index contributed by atoms with van der Waals surface area (Å²) in [6, 6.07) is 41.1. The second kappa shape index (κ2) is 6.94. The third-order valence-electron chi connectivity index (χ3n) is 7.02. The van der Waals surface area contributed by atoms with Crippen LogP contribution in [0.1, 0.15) is 22.3 Å². The zero-order valence-corrected chi connectivity index (χ0v) is 19.3. The van der Waals surface area contributed by atoms with E-state index in [1.54, 1.807) is 0 Å². The molecule has 5 aromatic carbocycles. The Bertz CT molecular complexity index is 1620. The van der Waals surface area contributed by atoms with Crippen LogP contribution < -0.4 is 0 Å². The number of benzene rings is 5. The topological polar surface area (TPSA) is 13.1 Å². The molecule has 6 aromatic rings. The molecule has 0 saturated carbocycles. The average Bonchev–Trinajstić information content (AvgIpc) is 3.40. The van der Waals surface area contributed by atoms with E-state index in [0.29, 0.717) is 0 Å². The van der Waals surface area contributed by atoms with Crippen molar-refractivity contribution in [2.45, 2.75) is 5.41 Å². The lowest BCUT2D eigenvalue weighted by Gasteiger charge is -2.34. The van der Waals surface area contributed by atoms with Gasteiger partial charge in [-0.2, -0.15) is 0 Å². The summed E-state index contributed by atoms with van der Waals surface area (Å²) < 4.78 is 7.45. The molecule has 0 atom stereocenters. The Morgan fingerprint density at radius 2 is 1.18 bits per heavy atom. The van der Waals surface area contributed by atoms with Crippen LogP contribution in [0.2, 0.25) is 0 Å². The van der Waals surface area contributed by atoms with Crippen LogP contribution in [-0.4, -0.2) is 0 Å². The summed E-state index contributed by atoms with van der Waals surface area (Å²) in [5.41, 5.74) is 8.94. The van der Waals surface area contributed by atoms with Crippen molar-refractivity contribution >= 4 is 37.9 Å². The molecule has 0 N–H and O–H groups in total. The molecule has 0 amide bonds. The van der Waals surface area contributed by atoms with E-state index in [2.05, 4.69) is 119 Å². The molecule has 1 aromatic heterocycles. The van der Waals surface area contributed by atoms with Crippen molar-refractivity contribution in [1.29, 1.82) is 0 Å². The second-order valence-corrected chi connectivity index (χ2v) is 9.41. The summed E-state index contributed by atoms with van der Waals surface area (Å²) in [6.45, 7) is 0. The van der Waals surface area contributed by atoms with Crippen molar-refractivity contribution in [2.75, 3.05) is 0 Å². The van der Waals surface area contributed by atoms with Crippen LogP contribution in [0.4, 0.5) is 0 Å². The van der Waals surface area contributed by atoms with E-state index >= 15 is 0 Å². The monoisotopic (exact) mass is 486 g/mol. The number of hydrogen-bond donors (Lipinski definition) is 0. The highest BCUT2D eigenvalue weighted by molar-refractivity contribution is 9.10. The molecule has 0 fully saturated rings. The van der Waals surface area contributed by atoms with Crippen LogP contribution in [-0.2, 0) is 5.41 Å². The highest BCUT2D eigenvalue weighted by atomic mass is 79.9. The number of fused-ring (bicyclic) bond motifs is 6. The van der Waals surface area contributed by atoms with Crippen LogP contribution in [0, 0.1) is 0 Å². The predicted molar refractivity (Wildman–Crippen MR) is 139 cm³/mol. The summed E-state index contributed by atoms with van der Waals surface area (Å²) in [6.07, 6.45) is 0. The van der Waals surface area contributed by atoms with Crippen LogP contribution in [0.3, 0.4) is 0 Å². The molecule has 1 aliphatic rings. The van der Waals surface area contributed by atoms with Gasteiger partial charge in [-0.15, -0.1) is 0 Å². The molecule has 0 spiro atoms. The largest absolute Gasteiger partial charge is 0.455 e. The molecule has 0 bridgehead atoms. The van der Waals surface area contributed by atoms with E-state index in [-0.39, 0.29) is 0 Å². The lowest BCUT2D eigenvalue weighted by atomic mass is 9.67. The number of para-hydroxylation sites is 1. The smallest absolute Gasteiger partial charge is 0.149 e. The molecule has 0 unspecified atom stereocenters. The lowest BCUT2D eigenvalue weighted by molar-refractivity contribution is 0.663. The van der Waals surface area contributed by atoms with Crippen molar-refractivity contribution in [3.8, 4) is 11.1 Å². The first kappa shape index (κ1) is 18.9. The zero-order chi connectivity index (χ0) is 22.0. The standard InChI is InChI=1S/C31H19BrO/c32-29-28-24(19-25-23-16-8-10-18-27(23)33-30(25)29)22-15-7-9-17-26(22)31(28,20-11-3-1-4-12-20)21-13-5-2-6-14-21/h1-19H. The first-order chi connectivity index (χ1) is 16.3. The molecule has 0 aliphatic heterocycles. The fourth-order valence-electron chi connectivity index (χ4n) is 5.72. The van der Waals surface area contributed by atoms with Crippen molar-refractivity contribution in [3.63, 3.8) is 0 Å². The maximum Gasteiger partial charge on any atom is 0.149 e. The van der Waals surface area contributed by atoms with Gasteiger partial charge in [0.05, 0.1) is 9.89 Å². The number of halogens is 1. The molecule has 2 heteroatoms. The van der Waals surface area contributed by atoms with Crippen molar-refractivity contribution in [2.24, 2.45) is 0 Å². The van der Waals surface area contributed by atoms with Gasteiger partial charge in [-0.3, -0.25) is 0 Å². The third-order valence-corrected chi connectivity index (χ3v) is 7.78. The minimum atomic E-state index is -0.444. The predicted octanol–water partition coefficient (Wildman–Crippen LogP) is 8.71. The molecular weight excluding hydrogens is 468 g/mol. The third kappa shape index (κ3) is 2.42. The Kier molecular flexibility index (Phi) is 3.97. The SMILES string of the molecule is Brc1c2c(cc3c1oc1ccccc13)-c1ccccc1C2(c1ccccc1)c1ccccc1. The molecule has 7 rings (SSSR count). The van der Waals surface area contributed by atoms with E-state index < -0.39 is 5.41 Å². The maximum atomic E-state index is 6.43. The van der Waals surface area contributed by atoms with Gasteiger partial charge in [0, 0.05) is 10.8 Å². The van der Waals surface area contributed by atoms with Gasteiger partial charge in [0.15, 0.2) is 0 Å². The van der Waals surface area contributed by atoms with E-state index in [0.717, 1.165) is 26.4 Å². The highest BCUT2D eigenvalue weighted by Gasteiger charge is 2.48. The first-order valence-electron chi connectivity index (χ1n) is 11.2. The normalized spacial score (nSPS) is 13.8. The average molecular weight is 487 g/mol. The molecular formula is C31H19BrO. The Hall–Kier alpha value is -3.62. The lowest BCUT2D eigenvalue weighted by Crippen LogP contribution is -2.29. The van der Waals surface area contributed by atoms with Gasteiger partial charge in [0.25, 0.3) is 0 Å². The molecule has 0 radical (unpaired) electrons. The van der Waals surface area contributed by atoms with E-state index in [1.807, 2.05) is 12.1 Å². The summed E-state index contributed by atoms with van der Waals surface area (Å²) in [7, 11) is 0. The Labute approximate surface area is 200 Å². The Morgan fingerprint density at radius 3 is 1.91 bits per heavy atom. The second-order valence-electron chi connectivity index (χ2n) is 8.62. The fraction of sp³-hybridized carbons (Fsp3) is 0.0323. The molecule has 0 saturated heterocycles. The van der Waals surface area contributed by atoms with Gasteiger partial charge in [0.1, 0.15) is 11.2 Å². The Morgan fingerprint density at radius 1 is 0.576 bits per heavy atom. The van der Waals surface area contributed by atoms with Crippen molar-refractivity contribution < 1.29 is 4.42 Å². The minimum Gasteiger partial charge on any atom is -0.455 e. The van der Waals surface area contributed by atoms with Gasteiger partial charge in [0.2, 0.25) is 0 Å². The zero-order valence-electron chi connectivity index (χ0n) is 17.8. The highest BCUT2D eigenvalue weighted by Crippen LogP contribution is 2.59. The minimum absolute atomic E-state index is 0.444. The van der Waals surface area contributed by atoms with E-state index in [1.165, 1.54) is 33.4 Å². The molecule has 156 valence electrons. The van der Waals surface area contributed by atoms with Gasteiger partial charge < -0.3 is 4.42 Å². The van der Waals surface area contributed by atoms with Gasteiger partial charge >= 0.3 is 0 Å². The fourth-order valence-corrected chi connectivity index (χ4v) is 6.53. The molecule has 1 nitrogen and oxygen atoms in total. The summed E-state index contributed by atoms with van der Waals surface area (Å²) in [5.74, 6) is 0. The quantitative estimate of drug-likeness (QED) is 0.238. The van der Waals surface area contributed by atoms with Gasteiger partial charge in [-0.05, 0) is 61.4 Å². The first-order valence-corrected chi connectivity index (χ1v) is 11.9. The van der Waals surface area contributed by atoms with Crippen LogP contribution in [0.15, 0.2) is 124 Å². The number of furan rings is 1. The number of rotatable bonds is 2. The number of hydrogen-bond acceptors (Lipinski definition) is 1. The van der Waals surface area contributed by atoms with Crippen molar-refractivity contribution in [3.05, 3.63) is 142 Å². The van der Waals surface area contributed by atoms with Crippen LogP contribution in [0.25, 0.3) is 33.1 Å². The van der Waals surface area contributed by atoms with E-state index in [4.69, 9.17) is 4.42 Å². The van der Waals surface area contributed by atoms with Crippen molar-refractivity contribution in [1.82, 2.24) is 0 Å². The van der Waals surface area contributed by atoms with Crippen LogP contribution in [0.5, 0.6) is 0 Å². The summed E-state index contributed by atoms with van der Waals surface area (Å²) in [4.78, 5) is 0. The maximum absolute atomic E-state index is 6.43. The van der Waals surface area contributed by atoms with Crippen LogP contribution >= 0.6 is 15.9 Å². The van der Waals surface area contributed by atoms with E-state index in [9.17, 15) is 0 Å². The summed E-state index contributed by atoms with van der Waals surface area (Å²) in [5, 5.41) is 2.29.